The first-order valence-corrected chi connectivity index (χ1v) is 11.3. The second kappa shape index (κ2) is 10.4. The zero-order chi connectivity index (χ0) is 24.9. The van der Waals surface area contributed by atoms with Crippen LogP contribution in [0.3, 0.4) is 0 Å². The molecule has 0 bridgehead atoms. The molecule has 1 aromatic carbocycles. The number of rotatable bonds is 6. The van der Waals surface area contributed by atoms with E-state index in [1.807, 2.05) is 0 Å². The molecule has 10 nitrogen and oxygen atoms in total. The van der Waals surface area contributed by atoms with Gasteiger partial charge in [-0.15, -0.1) is 0 Å². The van der Waals surface area contributed by atoms with Gasteiger partial charge in [0, 0.05) is 32.1 Å². The Hall–Kier alpha value is -4.17. The van der Waals surface area contributed by atoms with E-state index in [0.717, 1.165) is 0 Å². The summed E-state index contributed by atoms with van der Waals surface area (Å²) in [4.78, 5) is 30.8. The van der Waals surface area contributed by atoms with Crippen molar-refractivity contribution in [1.29, 1.82) is 5.26 Å². The number of anilines is 1. The molecule has 0 radical (unpaired) electrons. The van der Waals surface area contributed by atoms with Gasteiger partial charge in [0.25, 0.3) is 11.8 Å². The number of methoxy groups -OCH3 is 2. The maximum Gasteiger partial charge on any atom is 0.263 e. The lowest BCUT2D eigenvalue weighted by Crippen LogP contribution is -2.51. The molecule has 2 saturated heterocycles. The van der Waals surface area contributed by atoms with Crippen LogP contribution in [-0.4, -0.2) is 55.3 Å². The quantitative estimate of drug-likeness (QED) is 0.353. The lowest BCUT2D eigenvalue weighted by molar-refractivity contribution is -0.123. The molecule has 11 heteroatoms. The standard InChI is InChI=1S/C24H23N5O5S/c1-32-18-11-14(10-17-22(30)27-24(35)28-23(17)31)12-19(33-2)20(18)34-16-5-8-29(9-6-16)21-15(13-25)4-3-7-26-21/h3-4,7,10-12,16H,5-6,8-9H2,1-2H3,(H2,27,28,30,31,35). The lowest BCUT2D eigenvalue weighted by atomic mass is 10.1. The summed E-state index contributed by atoms with van der Waals surface area (Å²) in [7, 11) is 3.01. The Balaban J connectivity index is 1.52. The van der Waals surface area contributed by atoms with Crippen molar-refractivity contribution >= 4 is 41.0 Å². The minimum atomic E-state index is -0.587. The molecule has 0 spiro atoms. The van der Waals surface area contributed by atoms with Crippen molar-refractivity contribution in [3.8, 4) is 23.3 Å². The van der Waals surface area contributed by atoms with Gasteiger partial charge in [0.05, 0.1) is 19.8 Å². The molecule has 0 aliphatic carbocycles. The maximum atomic E-state index is 12.2. The van der Waals surface area contributed by atoms with E-state index in [4.69, 9.17) is 26.4 Å². The number of pyridine rings is 1. The van der Waals surface area contributed by atoms with Crippen LogP contribution in [-0.2, 0) is 9.59 Å². The predicted molar refractivity (Wildman–Crippen MR) is 131 cm³/mol. The number of piperidine rings is 1. The number of nitrogens with zero attached hydrogens (tertiary/aromatic N) is 3. The second-order valence-corrected chi connectivity index (χ2v) is 8.25. The van der Waals surface area contributed by atoms with E-state index in [1.54, 1.807) is 30.5 Å². The molecular formula is C24H23N5O5S. The van der Waals surface area contributed by atoms with Crippen LogP contribution in [0.2, 0.25) is 0 Å². The fraction of sp³-hybridized carbons (Fsp3) is 0.292. The molecule has 1 aromatic heterocycles. The number of hydrogen-bond donors (Lipinski definition) is 2. The summed E-state index contributed by atoms with van der Waals surface area (Å²) in [6, 6.07) is 9.03. The van der Waals surface area contributed by atoms with E-state index in [0.29, 0.717) is 60.1 Å². The van der Waals surface area contributed by atoms with Gasteiger partial charge in [-0.25, -0.2) is 4.98 Å². The molecule has 0 unspecified atom stereocenters. The second-order valence-electron chi connectivity index (χ2n) is 7.84. The number of ether oxygens (including phenoxy) is 3. The molecule has 2 fully saturated rings. The van der Waals surface area contributed by atoms with Crippen LogP contribution in [0.25, 0.3) is 6.08 Å². The van der Waals surface area contributed by atoms with Gasteiger partial charge in [-0.2, -0.15) is 5.26 Å². The van der Waals surface area contributed by atoms with Gasteiger partial charge in [0.2, 0.25) is 5.75 Å². The fourth-order valence-corrected chi connectivity index (χ4v) is 4.15. The van der Waals surface area contributed by atoms with Gasteiger partial charge in [0.15, 0.2) is 16.6 Å². The highest BCUT2D eigenvalue weighted by Gasteiger charge is 2.28. The molecule has 2 N–H and O–H groups in total. The topological polar surface area (TPSA) is 126 Å². The third-order valence-corrected chi connectivity index (χ3v) is 5.87. The van der Waals surface area contributed by atoms with E-state index >= 15 is 0 Å². The summed E-state index contributed by atoms with van der Waals surface area (Å²) in [6.07, 6.45) is 4.42. The van der Waals surface area contributed by atoms with Crippen LogP contribution in [0.4, 0.5) is 5.82 Å². The molecule has 2 aliphatic heterocycles. The Morgan fingerprint density at radius 2 is 1.77 bits per heavy atom. The molecule has 2 aliphatic rings. The smallest absolute Gasteiger partial charge is 0.263 e. The van der Waals surface area contributed by atoms with Crippen molar-refractivity contribution < 1.29 is 23.8 Å². The largest absolute Gasteiger partial charge is 0.493 e. The molecule has 3 heterocycles. The Labute approximate surface area is 207 Å². The summed E-state index contributed by atoms with van der Waals surface area (Å²) in [5.74, 6) is 0.749. The van der Waals surface area contributed by atoms with Gasteiger partial charge >= 0.3 is 0 Å². The third-order valence-electron chi connectivity index (χ3n) is 5.67. The van der Waals surface area contributed by atoms with Crippen molar-refractivity contribution in [1.82, 2.24) is 15.6 Å². The number of nitriles is 1. The normalized spacial score (nSPS) is 16.2. The lowest BCUT2D eigenvalue weighted by Gasteiger charge is -2.33. The number of carbonyl (C=O) groups excluding carboxylic acids is 2. The van der Waals surface area contributed by atoms with Crippen molar-refractivity contribution in [2.75, 3.05) is 32.2 Å². The number of benzene rings is 1. The van der Waals surface area contributed by atoms with Crippen LogP contribution in [0.1, 0.15) is 24.0 Å². The minimum absolute atomic E-state index is 0.0333. The highest BCUT2D eigenvalue weighted by molar-refractivity contribution is 7.80. The monoisotopic (exact) mass is 493 g/mol. The van der Waals surface area contributed by atoms with E-state index in [1.165, 1.54) is 20.3 Å². The molecule has 180 valence electrons. The maximum absolute atomic E-state index is 12.2. The number of amides is 2. The number of hydrogen-bond acceptors (Lipinski definition) is 9. The molecule has 2 amide bonds. The van der Waals surface area contributed by atoms with E-state index in [-0.39, 0.29) is 16.8 Å². The number of aromatic nitrogens is 1. The van der Waals surface area contributed by atoms with Crippen molar-refractivity contribution in [2.24, 2.45) is 0 Å². The van der Waals surface area contributed by atoms with Crippen LogP contribution < -0.4 is 29.7 Å². The highest BCUT2D eigenvalue weighted by atomic mass is 32.1. The Kier molecular flexibility index (Phi) is 7.12. The molecule has 2 aromatic rings. The third kappa shape index (κ3) is 5.17. The number of thiocarbonyl (C=S) groups is 1. The summed E-state index contributed by atoms with van der Waals surface area (Å²) in [5, 5.41) is 14.1. The summed E-state index contributed by atoms with van der Waals surface area (Å²) < 4.78 is 17.4. The Morgan fingerprint density at radius 1 is 1.14 bits per heavy atom. The zero-order valence-electron chi connectivity index (χ0n) is 19.2. The zero-order valence-corrected chi connectivity index (χ0v) is 20.0. The van der Waals surface area contributed by atoms with E-state index < -0.39 is 11.8 Å². The van der Waals surface area contributed by atoms with Crippen molar-refractivity contribution in [2.45, 2.75) is 18.9 Å². The number of carbonyl (C=O) groups is 2. The van der Waals surface area contributed by atoms with Crippen LogP contribution in [0.15, 0.2) is 36.0 Å². The van der Waals surface area contributed by atoms with Crippen molar-refractivity contribution in [3.63, 3.8) is 0 Å². The Morgan fingerprint density at radius 3 is 2.34 bits per heavy atom. The van der Waals surface area contributed by atoms with Crippen LogP contribution >= 0.6 is 12.2 Å². The fourth-order valence-electron chi connectivity index (χ4n) is 3.96. The number of nitrogens with one attached hydrogen (secondary N) is 2. The average Bonchev–Trinajstić information content (AvgIpc) is 2.87. The molecule has 0 saturated carbocycles. The predicted octanol–water partition coefficient (Wildman–Crippen LogP) is 1.93. The van der Waals surface area contributed by atoms with Gasteiger partial charge in [-0.3, -0.25) is 20.2 Å². The summed E-state index contributed by atoms with van der Waals surface area (Å²) >= 11 is 4.83. The van der Waals surface area contributed by atoms with Gasteiger partial charge in [0.1, 0.15) is 23.6 Å². The molecule has 0 atom stereocenters. The first kappa shape index (κ1) is 24.0. The average molecular weight is 494 g/mol. The van der Waals surface area contributed by atoms with Crippen molar-refractivity contribution in [3.05, 3.63) is 47.2 Å². The van der Waals surface area contributed by atoms with Gasteiger partial charge in [-0.05, 0) is 48.1 Å². The van der Waals surface area contributed by atoms with E-state index in [2.05, 4.69) is 26.6 Å². The summed E-state index contributed by atoms with van der Waals surface area (Å²) in [6.45, 7) is 1.36. The van der Waals surface area contributed by atoms with Gasteiger partial charge < -0.3 is 19.1 Å². The van der Waals surface area contributed by atoms with Gasteiger partial charge in [-0.1, -0.05) is 0 Å². The molecule has 4 rings (SSSR count). The van der Waals surface area contributed by atoms with E-state index in [9.17, 15) is 14.9 Å². The molecular weight excluding hydrogens is 470 g/mol. The Bertz CT molecular complexity index is 1200. The minimum Gasteiger partial charge on any atom is -0.493 e. The SMILES string of the molecule is COc1cc(C=C2C(=O)NC(=S)NC2=O)cc(OC)c1OC1CCN(c2ncccc2C#N)CC1. The van der Waals surface area contributed by atoms with Crippen LogP contribution in [0.5, 0.6) is 17.2 Å². The van der Waals surface area contributed by atoms with Crippen LogP contribution in [0, 0.1) is 11.3 Å². The first-order chi connectivity index (χ1) is 16.9. The first-order valence-electron chi connectivity index (χ1n) is 10.8. The summed E-state index contributed by atoms with van der Waals surface area (Å²) in [5.41, 5.74) is 0.977. The highest BCUT2D eigenvalue weighted by Crippen LogP contribution is 2.41. The molecule has 35 heavy (non-hydrogen) atoms.